The predicted molar refractivity (Wildman–Crippen MR) is 68.5 cm³/mol. The van der Waals surface area contributed by atoms with E-state index in [9.17, 15) is 19.2 Å². The number of carbonyl (C=O) groups excluding carboxylic acids is 4. The molecule has 0 rings (SSSR count). The van der Waals surface area contributed by atoms with Gasteiger partial charge in [0.25, 0.3) is 0 Å². The molecule has 1 amide bonds. The van der Waals surface area contributed by atoms with Gasteiger partial charge in [-0.3, -0.25) is 24.1 Å². The third kappa shape index (κ3) is 7.47. The van der Waals surface area contributed by atoms with Crippen LogP contribution in [-0.4, -0.2) is 75.0 Å². The van der Waals surface area contributed by atoms with Gasteiger partial charge in [-0.15, -0.1) is 0 Å². The van der Waals surface area contributed by atoms with E-state index < -0.39 is 17.8 Å². The summed E-state index contributed by atoms with van der Waals surface area (Å²) in [5.74, 6) is -1.94. The first-order valence-corrected chi connectivity index (χ1v) is 5.88. The Morgan fingerprint density at radius 2 is 1.40 bits per heavy atom. The lowest BCUT2D eigenvalue weighted by Gasteiger charge is -2.23. The van der Waals surface area contributed by atoms with Gasteiger partial charge >= 0.3 is 11.9 Å². The van der Waals surface area contributed by atoms with Crippen molar-refractivity contribution in [3.63, 3.8) is 0 Å². The smallest absolute Gasteiger partial charge is 0.315 e. The number of hydrogen-bond acceptors (Lipinski definition) is 7. The minimum absolute atomic E-state index is 0.00490. The Kier molecular flexibility index (Phi) is 8.14. The van der Waals surface area contributed by atoms with Gasteiger partial charge in [0.05, 0.1) is 27.4 Å². The highest BCUT2D eigenvalue weighted by molar-refractivity contribution is 5.96. The number of amides is 1. The Balaban J connectivity index is 4.15. The topological polar surface area (TPSA) is 93.2 Å². The highest BCUT2D eigenvalue weighted by Crippen LogP contribution is 1.97. The van der Waals surface area contributed by atoms with Crippen molar-refractivity contribution in [3.8, 4) is 0 Å². The second kappa shape index (κ2) is 9.03. The number of likely N-dealkylation sites (N-methyl/N-ethyl adjacent to an activating group) is 1. The number of nitrogens with zero attached hydrogens (tertiary/aromatic N) is 2. The van der Waals surface area contributed by atoms with E-state index in [0.717, 1.165) is 0 Å². The highest BCUT2D eigenvalue weighted by Gasteiger charge is 2.17. The molecule has 0 aromatic rings. The van der Waals surface area contributed by atoms with Gasteiger partial charge in [0.1, 0.15) is 12.8 Å². The molecule has 0 aliphatic rings. The van der Waals surface area contributed by atoms with E-state index in [-0.39, 0.29) is 31.8 Å². The lowest BCUT2D eigenvalue weighted by Crippen LogP contribution is -2.40. The molecule has 0 atom stereocenters. The van der Waals surface area contributed by atoms with Gasteiger partial charge in [0.2, 0.25) is 5.91 Å². The molecular weight excluding hydrogens is 268 g/mol. The molecule has 0 saturated heterocycles. The van der Waals surface area contributed by atoms with Crippen LogP contribution in [0.4, 0.5) is 0 Å². The molecule has 0 spiro atoms. The number of rotatable bonds is 8. The van der Waals surface area contributed by atoms with Crippen molar-refractivity contribution in [1.29, 1.82) is 0 Å². The maximum absolute atomic E-state index is 11.6. The molecule has 8 nitrogen and oxygen atoms in total. The Labute approximate surface area is 117 Å². The Bertz CT molecular complexity index is 382. The quantitative estimate of drug-likeness (QED) is 0.322. The summed E-state index contributed by atoms with van der Waals surface area (Å²) in [5.41, 5.74) is 0. The maximum atomic E-state index is 11.6. The van der Waals surface area contributed by atoms with Crippen LogP contribution in [0.25, 0.3) is 0 Å². The van der Waals surface area contributed by atoms with Crippen LogP contribution in [0, 0.1) is 0 Å². The lowest BCUT2D eigenvalue weighted by atomic mass is 10.3. The molecule has 0 heterocycles. The van der Waals surface area contributed by atoms with Crippen molar-refractivity contribution in [2.45, 2.75) is 12.8 Å². The van der Waals surface area contributed by atoms with E-state index in [2.05, 4.69) is 9.47 Å². The van der Waals surface area contributed by atoms with E-state index in [1.165, 1.54) is 26.2 Å². The van der Waals surface area contributed by atoms with E-state index in [1.807, 2.05) is 0 Å². The third-order valence-corrected chi connectivity index (χ3v) is 2.42. The van der Waals surface area contributed by atoms with Crippen LogP contribution in [0.3, 0.4) is 0 Å². The summed E-state index contributed by atoms with van der Waals surface area (Å²) in [5, 5.41) is 0. The summed E-state index contributed by atoms with van der Waals surface area (Å²) in [6, 6.07) is 0. The van der Waals surface area contributed by atoms with Crippen molar-refractivity contribution >= 4 is 23.6 Å². The molecule has 0 bridgehead atoms. The van der Waals surface area contributed by atoms with Crippen LogP contribution >= 0.6 is 0 Å². The molecule has 0 N–H and O–H groups in total. The molecule has 0 saturated carbocycles. The average molecular weight is 288 g/mol. The summed E-state index contributed by atoms with van der Waals surface area (Å²) < 4.78 is 8.77. The Morgan fingerprint density at radius 1 is 0.900 bits per heavy atom. The van der Waals surface area contributed by atoms with Gasteiger partial charge < -0.3 is 14.4 Å². The van der Waals surface area contributed by atoms with E-state index in [0.29, 0.717) is 0 Å². The standard InChI is InChI=1S/C12H20N2O6/c1-13(7-9(15)5-11(17)19-3)8-14(2)10(16)6-12(18)20-4/h5-8H2,1-4H3. The van der Waals surface area contributed by atoms with Gasteiger partial charge in [-0.1, -0.05) is 0 Å². The molecule has 0 aliphatic carbocycles. The molecule has 0 fully saturated rings. The minimum Gasteiger partial charge on any atom is -0.469 e. The maximum Gasteiger partial charge on any atom is 0.315 e. The average Bonchev–Trinajstić information content (AvgIpc) is 2.37. The van der Waals surface area contributed by atoms with Crippen LogP contribution in [0.5, 0.6) is 0 Å². The lowest BCUT2D eigenvalue weighted by molar-refractivity contribution is -0.148. The summed E-state index contributed by atoms with van der Waals surface area (Å²) in [7, 11) is 5.54. The second-order valence-electron chi connectivity index (χ2n) is 4.29. The zero-order valence-electron chi connectivity index (χ0n) is 12.2. The van der Waals surface area contributed by atoms with Crippen molar-refractivity contribution < 1.29 is 28.7 Å². The molecule has 0 unspecified atom stereocenters. The molecule has 114 valence electrons. The van der Waals surface area contributed by atoms with Crippen molar-refractivity contribution in [3.05, 3.63) is 0 Å². The monoisotopic (exact) mass is 288 g/mol. The highest BCUT2D eigenvalue weighted by atomic mass is 16.5. The van der Waals surface area contributed by atoms with Crippen molar-refractivity contribution in [2.24, 2.45) is 0 Å². The van der Waals surface area contributed by atoms with Gasteiger partial charge in [-0.2, -0.15) is 0 Å². The van der Waals surface area contributed by atoms with Gasteiger partial charge in [-0.25, -0.2) is 0 Å². The second-order valence-corrected chi connectivity index (χ2v) is 4.29. The number of carbonyl (C=O) groups is 4. The van der Waals surface area contributed by atoms with Crippen molar-refractivity contribution in [1.82, 2.24) is 9.80 Å². The fourth-order valence-corrected chi connectivity index (χ4v) is 1.41. The molecule has 20 heavy (non-hydrogen) atoms. The first-order chi connectivity index (χ1) is 9.29. The summed E-state index contributed by atoms with van der Waals surface area (Å²) in [6.45, 7) is 0.160. The first kappa shape index (κ1) is 18.0. The van der Waals surface area contributed by atoms with Crippen molar-refractivity contribution in [2.75, 3.05) is 41.5 Å². The number of hydrogen-bond donors (Lipinski definition) is 0. The minimum atomic E-state index is -0.619. The van der Waals surface area contributed by atoms with Crippen LogP contribution in [0.15, 0.2) is 0 Å². The Hall–Kier alpha value is -1.96. The first-order valence-electron chi connectivity index (χ1n) is 5.88. The van der Waals surface area contributed by atoms with Gasteiger partial charge in [-0.05, 0) is 7.05 Å². The number of esters is 2. The number of ether oxygens (including phenoxy) is 2. The number of Topliss-reactive ketones (excluding diaryl/α,β-unsaturated/α-hetero) is 1. The molecule has 0 aromatic heterocycles. The van der Waals surface area contributed by atoms with Gasteiger partial charge in [0, 0.05) is 7.05 Å². The summed E-state index contributed by atoms with van der Waals surface area (Å²) in [4.78, 5) is 47.8. The fraction of sp³-hybridized carbons (Fsp3) is 0.667. The predicted octanol–water partition coefficient (Wildman–Crippen LogP) is -0.971. The zero-order chi connectivity index (χ0) is 15.7. The summed E-state index contributed by atoms with van der Waals surface area (Å²) in [6.07, 6.45) is -0.655. The van der Waals surface area contributed by atoms with E-state index >= 15 is 0 Å². The molecular formula is C12H20N2O6. The number of methoxy groups -OCH3 is 2. The largest absolute Gasteiger partial charge is 0.469 e. The summed E-state index contributed by atoms with van der Waals surface area (Å²) >= 11 is 0. The zero-order valence-corrected chi connectivity index (χ0v) is 12.2. The Morgan fingerprint density at radius 3 is 1.90 bits per heavy atom. The molecule has 0 aromatic carbocycles. The molecule has 0 aliphatic heterocycles. The van der Waals surface area contributed by atoms with Crippen LogP contribution in [0.2, 0.25) is 0 Å². The van der Waals surface area contributed by atoms with Crippen LogP contribution in [-0.2, 0) is 28.7 Å². The molecule has 0 radical (unpaired) electrons. The SMILES string of the molecule is COC(=O)CC(=O)CN(C)CN(C)C(=O)CC(=O)OC. The van der Waals surface area contributed by atoms with Gasteiger partial charge in [0.15, 0.2) is 5.78 Å². The van der Waals surface area contributed by atoms with E-state index in [4.69, 9.17) is 0 Å². The van der Waals surface area contributed by atoms with Crippen LogP contribution in [0.1, 0.15) is 12.8 Å². The fourth-order valence-electron chi connectivity index (χ4n) is 1.41. The van der Waals surface area contributed by atoms with Crippen LogP contribution < -0.4 is 0 Å². The normalized spacial score (nSPS) is 10.1. The third-order valence-electron chi connectivity index (χ3n) is 2.42. The number of ketones is 1. The molecule has 8 heteroatoms. The van der Waals surface area contributed by atoms with E-state index in [1.54, 1.807) is 11.9 Å².